The van der Waals surface area contributed by atoms with Gasteiger partial charge in [0.2, 0.25) is 5.91 Å². The summed E-state index contributed by atoms with van der Waals surface area (Å²) in [5, 5.41) is 23.9. The number of phosphoric ester groups is 1. The zero-order valence-electron chi connectivity index (χ0n) is 32.2. The number of nitrogens with two attached hydrogens (primary N) is 1. The zero-order valence-corrected chi connectivity index (χ0v) is 33.1. The van der Waals surface area contributed by atoms with Crippen molar-refractivity contribution in [3.63, 3.8) is 0 Å². The van der Waals surface area contributed by atoms with E-state index in [0.29, 0.717) is 12.8 Å². The Hall–Kier alpha value is -1.84. The summed E-state index contributed by atoms with van der Waals surface area (Å²) in [4.78, 5) is 22.7. The van der Waals surface area contributed by atoms with E-state index in [0.717, 1.165) is 70.6 Å². The Balaban J connectivity index is 4.50. The van der Waals surface area contributed by atoms with Gasteiger partial charge in [0.1, 0.15) is 0 Å². The molecule has 0 fully saturated rings. The molecular formula is C41H75N2O7P. The number of aliphatic hydroxyl groups excluding tert-OH is 2. The van der Waals surface area contributed by atoms with E-state index in [1.54, 1.807) is 6.08 Å². The Morgan fingerprint density at radius 1 is 0.686 bits per heavy atom. The van der Waals surface area contributed by atoms with Crippen molar-refractivity contribution >= 4 is 13.7 Å². The van der Waals surface area contributed by atoms with E-state index in [-0.39, 0.29) is 19.6 Å². The fourth-order valence-electron chi connectivity index (χ4n) is 5.29. The number of hydrogen-bond acceptors (Lipinski definition) is 7. The first-order chi connectivity index (χ1) is 24.8. The Labute approximate surface area is 311 Å². The Morgan fingerprint density at radius 2 is 1.18 bits per heavy atom. The van der Waals surface area contributed by atoms with Crippen molar-refractivity contribution in [1.82, 2.24) is 5.32 Å². The van der Waals surface area contributed by atoms with Crippen molar-refractivity contribution in [3.05, 3.63) is 60.8 Å². The van der Waals surface area contributed by atoms with E-state index in [2.05, 4.69) is 67.8 Å². The van der Waals surface area contributed by atoms with Gasteiger partial charge < -0.3 is 26.2 Å². The van der Waals surface area contributed by atoms with Crippen molar-refractivity contribution < 1.29 is 33.5 Å². The van der Waals surface area contributed by atoms with Gasteiger partial charge in [0.25, 0.3) is 0 Å². The van der Waals surface area contributed by atoms with Crippen molar-refractivity contribution in [2.75, 3.05) is 19.8 Å². The second-order valence-corrected chi connectivity index (χ2v) is 14.8. The number of unbranched alkanes of at least 4 members (excludes halogenated alkanes) is 14. The van der Waals surface area contributed by atoms with Crippen LogP contribution < -0.4 is 11.1 Å². The number of hydrogen-bond donors (Lipinski definition) is 5. The van der Waals surface area contributed by atoms with Gasteiger partial charge in [0.15, 0.2) is 0 Å². The fraction of sp³-hybridized carbons (Fsp3) is 0.732. The van der Waals surface area contributed by atoms with Crippen molar-refractivity contribution in [3.8, 4) is 0 Å². The summed E-state index contributed by atoms with van der Waals surface area (Å²) in [5.41, 5.74) is 5.34. The summed E-state index contributed by atoms with van der Waals surface area (Å²) < 4.78 is 22.0. The molecule has 4 unspecified atom stereocenters. The van der Waals surface area contributed by atoms with Gasteiger partial charge in [-0.2, -0.15) is 0 Å². The quantitative estimate of drug-likeness (QED) is 0.0242. The standard InChI is InChI=1S/C41H75N2O7P/c1-3-5-7-9-11-13-15-17-19-20-22-24-26-28-30-32-38(44)36-41(46)43-39(37-50-51(47,48)49-35-34-42)40(45)33-31-29-27-25-23-21-18-16-14-12-10-8-6-4-2/h11,13-14,16-17,19,23,25,31,33,38-40,44-45H,3-10,12,15,18,20-22,24,26-30,32,34-37,42H2,1-2H3,(H,43,46)(H,47,48)/b13-11-,16-14+,19-17-,25-23+,33-31+. The minimum atomic E-state index is -4.41. The van der Waals surface area contributed by atoms with Crippen LogP contribution in [0.1, 0.15) is 155 Å². The number of aliphatic hydroxyl groups is 2. The molecule has 0 aromatic heterocycles. The molecule has 0 aliphatic heterocycles. The molecule has 0 rings (SSSR count). The van der Waals surface area contributed by atoms with E-state index in [1.165, 1.54) is 51.4 Å². The van der Waals surface area contributed by atoms with E-state index < -0.39 is 38.6 Å². The van der Waals surface area contributed by atoms with Crippen molar-refractivity contribution in [2.24, 2.45) is 5.73 Å². The maximum Gasteiger partial charge on any atom is 0.472 e. The van der Waals surface area contributed by atoms with E-state index in [4.69, 9.17) is 14.8 Å². The van der Waals surface area contributed by atoms with Crippen molar-refractivity contribution in [1.29, 1.82) is 0 Å². The highest BCUT2D eigenvalue weighted by Gasteiger charge is 2.27. The monoisotopic (exact) mass is 739 g/mol. The van der Waals surface area contributed by atoms with Crippen LogP contribution in [0.4, 0.5) is 0 Å². The summed E-state index contributed by atoms with van der Waals surface area (Å²) in [6.07, 6.45) is 41.6. The third kappa shape index (κ3) is 35.0. The number of amides is 1. The summed E-state index contributed by atoms with van der Waals surface area (Å²) in [7, 11) is -4.41. The lowest BCUT2D eigenvalue weighted by atomic mass is 10.0. The molecule has 0 spiro atoms. The first kappa shape index (κ1) is 49.2. The topological polar surface area (TPSA) is 151 Å². The maximum atomic E-state index is 12.8. The van der Waals surface area contributed by atoms with Crippen molar-refractivity contribution in [2.45, 2.75) is 173 Å². The first-order valence-corrected chi connectivity index (χ1v) is 21.5. The second-order valence-electron chi connectivity index (χ2n) is 13.3. The van der Waals surface area contributed by atoms with Gasteiger partial charge in [0.05, 0.1) is 37.9 Å². The molecule has 0 heterocycles. The van der Waals surface area contributed by atoms with Crippen LogP contribution in [-0.2, 0) is 18.4 Å². The molecule has 0 saturated heterocycles. The molecule has 0 aliphatic rings. The Kier molecular flexibility index (Phi) is 35.2. The van der Waals surface area contributed by atoms with Crippen LogP contribution in [0.3, 0.4) is 0 Å². The van der Waals surface area contributed by atoms with Crippen LogP contribution >= 0.6 is 7.82 Å². The van der Waals surface area contributed by atoms with Gasteiger partial charge in [-0.15, -0.1) is 0 Å². The fourth-order valence-corrected chi connectivity index (χ4v) is 6.05. The smallest absolute Gasteiger partial charge is 0.393 e. The van der Waals surface area contributed by atoms with E-state index >= 15 is 0 Å². The van der Waals surface area contributed by atoms with E-state index in [1.807, 2.05) is 6.08 Å². The molecule has 10 heteroatoms. The second kappa shape index (κ2) is 36.5. The molecule has 9 nitrogen and oxygen atoms in total. The number of nitrogens with one attached hydrogen (secondary N) is 1. The highest BCUT2D eigenvalue weighted by atomic mass is 31.2. The molecule has 0 aromatic carbocycles. The molecule has 0 aliphatic carbocycles. The lowest BCUT2D eigenvalue weighted by Gasteiger charge is -2.24. The minimum Gasteiger partial charge on any atom is -0.393 e. The van der Waals surface area contributed by atoms with Crippen LogP contribution in [-0.4, -0.2) is 59.0 Å². The number of carbonyl (C=O) groups is 1. The van der Waals surface area contributed by atoms with E-state index in [9.17, 15) is 24.5 Å². The molecule has 6 N–H and O–H groups in total. The molecule has 1 amide bonds. The average molecular weight is 739 g/mol. The van der Waals surface area contributed by atoms with Gasteiger partial charge in [-0.25, -0.2) is 4.57 Å². The predicted octanol–water partition coefficient (Wildman–Crippen LogP) is 9.69. The average Bonchev–Trinajstić information content (AvgIpc) is 3.10. The highest BCUT2D eigenvalue weighted by Crippen LogP contribution is 2.43. The number of allylic oxidation sites excluding steroid dienone is 9. The third-order valence-corrected chi connectivity index (χ3v) is 9.33. The lowest BCUT2D eigenvalue weighted by Crippen LogP contribution is -2.46. The first-order valence-electron chi connectivity index (χ1n) is 20.0. The minimum absolute atomic E-state index is 0.0380. The molecule has 0 saturated carbocycles. The maximum absolute atomic E-state index is 12.8. The molecule has 0 radical (unpaired) electrons. The van der Waals surface area contributed by atoms with Crippen LogP contribution in [0, 0.1) is 0 Å². The van der Waals surface area contributed by atoms with Crippen LogP contribution in [0.5, 0.6) is 0 Å². The summed E-state index contributed by atoms with van der Waals surface area (Å²) >= 11 is 0. The lowest BCUT2D eigenvalue weighted by molar-refractivity contribution is -0.124. The van der Waals surface area contributed by atoms with Gasteiger partial charge >= 0.3 is 7.82 Å². The molecular weight excluding hydrogens is 663 g/mol. The molecule has 0 bridgehead atoms. The summed E-state index contributed by atoms with van der Waals surface area (Å²) in [6.45, 7) is 3.86. The highest BCUT2D eigenvalue weighted by molar-refractivity contribution is 7.47. The normalized spacial score (nSPS) is 15.5. The third-order valence-electron chi connectivity index (χ3n) is 8.35. The SMILES string of the molecule is CCCCC/C=C\C/C=C\CCCCCCCC(O)CC(=O)NC(COP(=O)(O)OCCN)C(O)/C=C/CC/C=C/CC/C=C/CCCCCC. The van der Waals surface area contributed by atoms with Crippen LogP contribution in [0.25, 0.3) is 0 Å². The summed E-state index contributed by atoms with van der Waals surface area (Å²) in [6, 6.07) is -1.01. The number of rotatable bonds is 36. The van der Waals surface area contributed by atoms with Gasteiger partial charge in [0, 0.05) is 6.54 Å². The molecule has 296 valence electrons. The predicted molar refractivity (Wildman–Crippen MR) is 213 cm³/mol. The Morgan fingerprint density at radius 3 is 1.78 bits per heavy atom. The molecule has 51 heavy (non-hydrogen) atoms. The Bertz CT molecular complexity index is 999. The number of phosphoric acid groups is 1. The van der Waals surface area contributed by atoms with Crippen LogP contribution in [0.15, 0.2) is 60.8 Å². The van der Waals surface area contributed by atoms with Gasteiger partial charge in [-0.05, 0) is 77.0 Å². The molecule has 4 atom stereocenters. The summed E-state index contributed by atoms with van der Waals surface area (Å²) in [5.74, 6) is -0.472. The van der Waals surface area contributed by atoms with Gasteiger partial charge in [-0.1, -0.05) is 132 Å². The number of carbonyl (C=O) groups excluding carboxylic acids is 1. The zero-order chi connectivity index (χ0) is 37.7. The van der Waals surface area contributed by atoms with Gasteiger partial charge in [-0.3, -0.25) is 13.8 Å². The van der Waals surface area contributed by atoms with Crippen LogP contribution in [0.2, 0.25) is 0 Å². The largest absolute Gasteiger partial charge is 0.472 e. The molecule has 0 aromatic rings.